The van der Waals surface area contributed by atoms with E-state index in [0.29, 0.717) is 36.8 Å². The Labute approximate surface area is 282 Å². The Morgan fingerprint density at radius 2 is 1.73 bits per heavy atom. The fourth-order valence-electron chi connectivity index (χ4n) is 6.70. The van der Waals surface area contributed by atoms with Crippen molar-refractivity contribution in [1.82, 2.24) is 25.8 Å². The van der Waals surface area contributed by atoms with Gasteiger partial charge < -0.3 is 25.8 Å². The number of piperidine rings is 1. The predicted octanol–water partition coefficient (Wildman–Crippen LogP) is 3.11. The predicted molar refractivity (Wildman–Crippen MR) is 179 cm³/mol. The fourth-order valence-corrected chi connectivity index (χ4v) is 6.70. The highest BCUT2D eigenvalue weighted by molar-refractivity contribution is 5.96. The maximum atomic E-state index is 13.7. The number of benzene rings is 1. The minimum Gasteiger partial charge on any atom is -0.481 e. The molecule has 2 heterocycles. The van der Waals surface area contributed by atoms with E-state index in [9.17, 15) is 29.1 Å². The lowest BCUT2D eigenvalue weighted by molar-refractivity contribution is -0.156. The molecule has 48 heavy (non-hydrogen) atoms. The number of fused-ring (bicyclic) bond motifs is 1. The molecule has 12 nitrogen and oxygen atoms in total. The number of carboxylic acids is 1. The first kappa shape index (κ1) is 36.5. The summed E-state index contributed by atoms with van der Waals surface area (Å²) in [7, 11) is 0. The Morgan fingerprint density at radius 3 is 2.40 bits per heavy atom. The number of nitrogens with one attached hydrogen (secondary N) is 3. The number of rotatable bonds is 14. The van der Waals surface area contributed by atoms with Gasteiger partial charge in [-0.25, -0.2) is 0 Å². The molecule has 2 fully saturated rings. The highest BCUT2D eigenvalue weighted by Crippen LogP contribution is 2.39. The number of hydrogen-bond acceptors (Lipinski definition) is 8. The molecule has 5 atom stereocenters. The molecule has 12 heteroatoms. The van der Waals surface area contributed by atoms with E-state index in [2.05, 4.69) is 25.8 Å². The van der Waals surface area contributed by atoms with Crippen molar-refractivity contribution in [2.45, 2.75) is 95.9 Å². The number of pyridine rings is 1. The zero-order valence-corrected chi connectivity index (χ0v) is 28.2. The quantitative estimate of drug-likeness (QED) is 0.222. The van der Waals surface area contributed by atoms with Gasteiger partial charge in [-0.2, -0.15) is 0 Å². The van der Waals surface area contributed by atoms with Gasteiger partial charge in [-0.05, 0) is 69.6 Å². The van der Waals surface area contributed by atoms with Gasteiger partial charge in [0.2, 0.25) is 11.8 Å². The standard InChI is InChI=1S/C36H49N5O7/c1-36(2,3)40-35(47)29-19-25-12-7-8-13-27(25)22-41(29)23-30(48-33(45)16-15-32(43)44)28(18-24-10-5-4-6-11-24)39-31(42)21-38-34(46)26-14-9-17-37-20-26/h4-6,9-11,14,17,20,25,27-30H,7-8,12-13,15-16,18-19,21-23H2,1-3H3,(H,38,46)(H,39,42)(H,40,47)(H,43,44)/t25?,27?,28?,29?,30-/m1/s1. The third-order valence-electron chi connectivity index (χ3n) is 8.97. The molecule has 2 aliphatic rings. The van der Waals surface area contributed by atoms with Crippen LogP contribution in [0.15, 0.2) is 54.9 Å². The Bertz CT molecular complexity index is 1400. The zero-order chi connectivity index (χ0) is 34.7. The van der Waals surface area contributed by atoms with Crippen LogP contribution >= 0.6 is 0 Å². The molecule has 0 radical (unpaired) electrons. The number of carboxylic acid groups (broad SMARTS) is 1. The Hall–Kier alpha value is -4.32. The van der Waals surface area contributed by atoms with Crippen LogP contribution in [0, 0.1) is 11.8 Å². The van der Waals surface area contributed by atoms with E-state index in [-0.39, 0.29) is 25.4 Å². The maximum Gasteiger partial charge on any atom is 0.306 e. The van der Waals surface area contributed by atoms with Crippen LogP contribution < -0.4 is 16.0 Å². The monoisotopic (exact) mass is 663 g/mol. The summed E-state index contributed by atoms with van der Waals surface area (Å²) in [5, 5.41) is 17.9. The molecule has 260 valence electrons. The van der Waals surface area contributed by atoms with E-state index in [1.54, 1.807) is 18.3 Å². The van der Waals surface area contributed by atoms with Crippen molar-refractivity contribution in [3.63, 3.8) is 0 Å². The second-order valence-corrected chi connectivity index (χ2v) is 14.0. The van der Waals surface area contributed by atoms with E-state index in [1.165, 1.54) is 6.20 Å². The summed E-state index contributed by atoms with van der Waals surface area (Å²) in [6.07, 6.45) is 6.66. The number of aliphatic carboxylic acids is 1. The van der Waals surface area contributed by atoms with Gasteiger partial charge in [-0.1, -0.05) is 49.6 Å². The van der Waals surface area contributed by atoms with Crippen LogP contribution in [0.3, 0.4) is 0 Å². The Balaban J connectivity index is 1.61. The number of aromatic nitrogens is 1. The lowest BCUT2D eigenvalue weighted by Gasteiger charge is -2.47. The zero-order valence-electron chi connectivity index (χ0n) is 28.2. The average Bonchev–Trinajstić information content (AvgIpc) is 3.05. The van der Waals surface area contributed by atoms with E-state index >= 15 is 0 Å². The normalized spacial score (nSPS) is 20.8. The molecule has 3 amide bonds. The van der Waals surface area contributed by atoms with Crippen molar-refractivity contribution in [3.8, 4) is 0 Å². The summed E-state index contributed by atoms with van der Waals surface area (Å²) in [5.74, 6) is -2.06. The third kappa shape index (κ3) is 11.4. The molecule has 1 saturated carbocycles. The lowest BCUT2D eigenvalue weighted by Crippen LogP contribution is -2.61. The highest BCUT2D eigenvalue weighted by atomic mass is 16.5. The van der Waals surface area contributed by atoms with Crippen LogP contribution in [0.1, 0.15) is 81.6 Å². The number of esters is 1. The fraction of sp³-hybridized carbons (Fsp3) is 0.556. The number of carbonyl (C=O) groups excluding carboxylic acids is 4. The van der Waals surface area contributed by atoms with Gasteiger partial charge in [-0.3, -0.25) is 33.9 Å². The number of likely N-dealkylation sites (tertiary alicyclic amines) is 1. The Morgan fingerprint density at radius 1 is 1.00 bits per heavy atom. The maximum absolute atomic E-state index is 13.7. The average molecular weight is 664 g/mol. The SMILES string of the molecule is CC(C)(C)NC(=O)C1CC2CCCCC2CN1C[C@@H](OC(=O)CCC(=O)O)C(Cc1ccccc1)NC(=O)CNC(=O)c1cccnc1. The van der Waals surface area contributed by atoms with Crippen LogP contribution in [0.2, 0.25) is 0 Å². The second-order valence-electron chi connectivity index (χ2n) is 14.0. The molecule has 1 aromatic heterocycles. The molecule has 1 aromatic carbocycles. The number of amides is 3. The van der Waals surface area contributed by atoms with Crippen LogP contribution in [0.4, 0.5) is 0 Å². The van der Waals surface area contributed by atoms with Crippen molar-refractivity contribution in [3.05, 3.63) is 66.0 Å². The summed E-state index contributed by atoms with van der Waals surface area (Å²) < 4.78 is 6.01. The minimum absolute atomic E-state index is 0.0933. The largest absolute Gasteiger partial charge is 0.481 e. The minimum atomic E-state index is -1.12. The van der Waals surface area contributed by atoms with Gasteiger partial charge >= 0.3 is 11.9 Å². The smallest absolute Gasteiger partial charge is 0.306 e. The third-order valence-corrected chi connectivity index (χ3v) is 8.97. The summed E-state index contributed by atoms with van der Waals surface area (Å²) in [6, 6.07) is 11.4. The molecule has 4 N–H and O–H groups in total. The second kappa shape index (κ2) is 17.2. The molecule has 0 spiro atoms. The van der Waals surface area contributed by atoms with Crippen molar-refractivity contribution in [1.29, 1.82) is 0 Å². The molecule has 1 saturated heterocycles. The number of nitrogens with zero attached hydrogens (tertiary/aromatic N) is 2. The topological polar surface area (TPSA) is 167 Å². The molecule has 4 unspecified atom stereocenters. The number of carbonyl (C=O) groups is 5. The molecule has 0 bridgehead atoms. The van der Waals surface area contributed by atoms with Crippen molar-refractivity contribution >= 4 is 29.7 Å². The van der Waals surface area contributed by atoms with E-state index in [0.717, 1.165) is 31.2 Å². The molecular weight excluding hydrogens is 614 g/mol. The van der Waals surface area contributed by atoms with Gasteiger partial charge in [0.05, 0.1) is 37.0 Å². The molecule has 2 aromatic rings. The van der Waals surface area contributed by atoms with E-state index in [1.807, 2.05) is 51.1 Å². The first-order valence-electron chi connectivity index (χ1n) is 16.9. The van der Waals surface area contributed by atoms with Crippen molar-refractivity contribution < 1.29 is 33.8 Å². The lowest BCUT2D eigenvalue weighted by atomic mass is 9.72. The van der Waals surface area contributed by atoms with Gasteiger partial charge in [0.25, 0.3) is 5.91 Å². The molecular formula is C36H49N5O7. The van der Waals surface area contributed by atoms with Crippen molar-refractivity contribution in [2.24, 2.45) is 11.8 Å². The summed E-state index contributed by atoms with van der Waals surface area (Å²) in [6.45, 7) is 6.28. The van der Waals surface area contributed by atoms with Gasteiger partial charge in [0, 0.05) is 31.0 Å². The van der Waals surface area contributed by atoms with Crippen LogP contribution in [-0.2, 0) is 30.3 Å². The summed E-state index contributed by atoms with van der Waals surface area (Å²) in [5.41, 5.74) is 0.739. The van der Waals surface area contributed by atoms with Crippen molar-refractivity contribution in [2.75, 3.05) is 19.6 Å². The molecule has 1 aliphatic carbocycles. The van der Waals surface area contributed by atoms with Crippen LogP contribution in [0.5, 0.6) is 0 Å². The summed E-state index contributed by atoms with van der Waals surface area (Å²) >= 11 is 0. The van der Waals surface area contributed by atoms with Crippen LogP contribution in [0.25, 0.3) is 0 Å². The highest BCUT2D eigenvalue weighted by Gasteiger charge is 2.42. The van der Waals surface area contributed by atoms with Crippen LogP contribution in [-0.4, -0.2) is 88.0 Å². The number of ether oxygens (including phenoxy) is 1. The summed E-state index contributed by atoms with van der Waals surface area (Å²) in [4.78, 5) is 70.1. The number of hydrogen-bond donors (Lipinski definition) is 4. The van der Waals surface area contributed by atoms with Gasteiger partial charge in [-0.15, -0.1) is 0 Å². The first-order chi connectivity index (χ1) is 22.9. The first-order valence-corrected chi connectivity index (χ1v) is 16.9. The molecule has 1 aliphatic heterocycles. The van der Waals surface area contributed by atoms with Gasteiger partial charge in [0.1, 0.15) is 6.10 Å². The molecule has 4 rings (SSSR count). The Kier molecular flexibility index (Phi) is 13.1. The van der Waals surface area contributed by atoms with E-state index < -0.39 is 53.9 Å². The van der Waals surface area contributed by atoms with Gasteiger partial charge in [0.15, 0.2) is 0 Å². The van der Waals surface area contributed by atoms with E-state index in [4.69, 9.17) is 4.74 Å².